The van der Waals surface area contributed by atoms with E-state index in [0.717, 1.165) is 29.2 Å². The van der Waals surface area contributed by atoms with Crippen LogP contribution in [0.15, 0.2) is 55.0 Å². The fourth-order valence-corrected chi connectivity index (χ4v) is 8.89. The zero-order valence-corrected chi connectivity index (χ0v) is 32.4. The molecule has 7 rings (SSSR count). The van der Waals surface area contributed by atoms with E-state index < -0.39 is 59.9 Å². The van der Waals surface area contributed by atoms with Crippen LogP contribution in [0.3, 0.4) is 0 Å². The summed E-state index contributed by atoms with van der Waals surface area (Å²) in [4.78, 5) is 98.7. The van der Waals surface area contributed by atoms with Crippen molar-refractivity contribution in [3.05, 3.63) is 66.2 Å². The molecule has 14 nitrogen and oxygen atoms in total. The van der Waals surface area contributed by atoms with E-state index in [1.165, 1.54) is 11.2 Å². The van der Waals surface area contributed by atoms with Gasteiger partial charge in [-0.05, 0) is 73.6 Å². The maximum atomic E-state index is 14.7. The van der Waals surface area contributed by atoms with Crippen LogP contribution in [-0.2, 0) is 41.6 Å². The van der Waals surface area contributed by atoms with Gasteiger partial charge < -0.3 is 35.6 Å². The first-order valence-electron chi connectivity index (χ1n) is 20.4. The molecule has 7 unspecified atom stereocenters. The van der Waals surface area contributed by atoms with E-state index in [0.29, 0.717) is 70.3 Å². The summed E-state index contributed by atoms with van der Waals surface area (Å²) >= 11 is 0. The Hall–Kier alpha value is -5.27. The van der Waals surface area contributed by atoms with E-state index in [1.807, 2.05) is 56.3 Å². The Morgan fingerprint density at radius 3 is 1.98 bits per heavy atom. The highest BCUT2D eigenvalue weighted by Crippen LogP contribution is 2.27. The fraction of sp³-hybridized carbons (Fsp3) is 0.548. The van der Waals surface area contributed by atoms with Gasteiger partial charge in [-0.2, -0.15) is 0 Å². The normalized spacial score (nSPS) is 27.7. The smallest absolute Gasteiger partial charge is 0.246 e. The third-order valence-corrected chi connectivity index (χ3v) is 12.3. The second-order valence-corrected chi connectivity index (χ2v) is 15.9. The second-order valence-electron chi connectivity index (χ2n) is 15.9. The van der Waals surface area contributed by atoms with Gasteiger partial charge in [0.2, 0.25) is 35.4 Å². The lowest BCUT2D eigenvalue weighted by molar-refractivity contribution is -0.155. The number of hydrogen-bond acceptors (Lipinski definition) is 7. The largest absolute Gasteiger partial charge is 0.348 e. The van der Waals surface area contributed by atoms with Crippen molar-refractivity contribution >= 4 is 46.2 Å². The van der Waals surface area contributed by atoms with Gasteiger partial charge in [-0.15, -0.1) is 0 Å². The highest BCUT2D eigenvalue weighted by Gasteiger charge is 2.45. The number of amides is 6. The van der Waals surface area contributed by atoms with Gasteiger partial charge in [-0.1, -0.05) is 62.7 Å². The average Bonchev–Trinajstić information content (AvgIpc) is 3.94. The number of rotatable bonds is 6. The molecule has 4 fully saturated rings. The third-order valence-electron chi connectivity index (χ3n) is 12.3. The first kappa shape index (κ1) is 39.0. The maximum absolute atomic E-state index is 14.7. The van der Waals surface area contributed by atoms with E-state index in [-0.39, 0.29) is 30.6 Å². The van der Waals surface area contributed by atoms with Crippen molar-refractivity contribution in [3.63, 3.8) is 0 Å². The van der Waals surface area contributed by atoms with Crippen LogP contribution < -0.4 is 16.0 Å². The van der Waals surface area contributed by atoms with Crippen molar-refractivity contribution in [3.8, 4) is 0 Å². The van der Waals surface area contributed by atoms with Crippen molar-refractivity contribution in [1.82, 2.24) is 40.6 Å². The monoisotopic (exact) mass is 766 g/mol. The first-order valence-corrected chi connectivity index (χ1v) is 20.4. The lowest BCUT2D eigenvalue weighted by atomic mass is 9.92. The average molecular weight is 767 g/mol. The summed E-state index contributed by atoms with van der Waals surface area (Å²) in [6.45, 7) is 4.84. The van der Waals surface area contributed by atoms with Gasteiger partial charge in [-0.3, -0.25) is 28.8 Å². The fourth-order valence-electron chi connectivity index (χ4n) is 8.89. The summed E-state index contributed by atoms with van der Waals surface area (Å²) in [6.07, 6.45) is 8.59. The van der Waals surface area contributed by atoms with Gasteiger partial charge in [0.1, 0.15) is 36.3 Å². The summed E-state index contributed by atoms with van der Waals surface area (Å²) in [5.74, 6) is -2.75. The van der Waals surface area contributed by atoms with Crippen LogP contribution in [-0.4, -0.2) is 116 Å². The summed E-state index contributed by atoms with van der Waals surface area (Å²) in [5, 5.41) is 11.0. The summed E-state index contributed by atoms with van der Waals surface area (Å²) in [5.41, 5.74) is 1.44. The quantitative estimate of drug-likeness (QED) is 0.298. The highest BCUT2D eigenvalue weighted by molar-refractivity contribution is 5.99. The minimum absolute atomic E-state index is 0.102. The molecule has 0 spiro atoms. The Kier molecular flexibility index (Phi) is 12.0. The van der Waals surface area contributed by atoms with E-state index in [1.54, 1.807) is 16.0 Å². The van der Waals surface area contributed by atoms with Crippen LogP contribution in [0.4, 0.5) is 0 Å². The topological polar surface area (TPSA) is 177 Å². The number of carbonyl (C=O) groups excluding carboxylic acids is 6. The predicted octanol–water partition coefficient (Wildman–Crippen LogP) is 2.62. The molecule has 3 aromatic rings. The van der Waals surface area contributed by atoms with E-state index in [9.17, 15) is 28.8 Å². The van der Waals surface area contributed by atoms with Crippen LogP contribution in [0.25, 0.3) is 10.8 Å². The van der Waals surface area contributed by atoms with Crippen molar-refractivity contribution < 1.29 is 28.8 Å². The molecule has 4 saturated heterocycles. The Bertz CT molecular complexity index is 1930. The maximum Gasteiger partial charge on any atom is 0.246 e. The zero-order valence-electron chi connectivity index (χ0n) is 32.4. The number of imidazole rings is 1. The number of benzene rings is 2. The molecule has 5 heterocycles. The van der Waals surface area contributed by atoms with Crippen molar-refractivity contribution in [2.45, 2.75) is 121 Å². The molecule has 6 amide bonds. The summed E-state index contributed by atoms with van der Waals surface area (Å²) < 4.78 is 0. The van der Waals surface area contributed by atoms with Crippen LogP contribution in [0, 0.1) is 5.92 Å². The molecule has 2 aromatic carbocycles. The molecule has 4 aliphatic heterocycles. The number of nitrogens with one attached hydrogen (secondary N) is 4. The van der Waals surface area contributed by atoms with Crippen LogP contribution >= 0.6 is 0 Å². The van der Waals surface area contributed by atoms with Gasteiger partial charge in [0.25, 0.3) is 0 Å². The van der Waals surface area contributed by atoms with Gasteiger partial charge in [0.15, 0.2) is 0 Å². The Balaban J connectivity index is 1.28. The van der Waals surface area contributed by atoms with Crippen LogP contribution in [0.5, 0.6) is 0 Å². The number of fused-ring (bicyclic) bond motifs is 4. The lowest BCUT2D eigenvalue weighted by Crippen LogP contribution is -2.64. The number of piperidine rings is 2. The van der Waals surface area contributed by atoms with Crippen LogP contribution in [0.2, 0.25) is 0 Å². The minimum Gasteiger partial charge on any atom is -0.348 e. The number of H-pyrrole nitrogens is 1. The second kappa shape index (κ2) is 17.3. The van der Waals surface area contributed by atoms with Gasteiger partial charge in [0.05, 0.1) is 6.33 Å². The van der Waals surface area contributed by atoms with Crippen molar-refractivity contribution in [1.29, 1.82) is 0 Å². The number of aromatic nitrogens is 2. The van der Waals surface area contributed by atoms with Gasteiger partial charge >= 0.3 is 0 Å². The van der Waals surface area contributed by atoms with Crippen molar-refractivity contribution in [2.24, 2.45) is 5.92 Å². The van der Waals surface area contributed by atoms with Crippen molar-refractivity contribution in [2.75, 3.05) is 19.6 Å². The van der Waals surface area contributed by atoms with Crippen LogP contribution in [0.1, 0.15) is 82.9 Å². The number of aromatic amines is 1. The van der Waals surface area contributed by atoms with E-state index in [2.05, 4.69) is 25.9 Å². The predicted molar refractivity (Wildman–Crippen MR) is 209 cm³/mol. The van der Waals surface area contributed by atoms with Gasteiger partial charge in [-0.25, -0.2) is 4.98 Å². The molecule has 4 N–H and O–H groups in total. The number of nitrogens with zero attached hydrogens (tertiary/aromatic N) is 4. The Morgan fingerprint density at radius 1 is 0.661 bits per heavy atom. The lowest BCUT2D eigenvalue weighted by Gasteiger charge is -2.43. The molecule has 4 aliphatic rings. The summed E-state index contributed by atoms with van der Waals surface area (Å²) in [7, 11) is 0. The Morgan fingerprint density at radius 2 is 1.29 bits per heavy atom. The first-order chi connectivity index (χ1) is 27.1. The SMILES string of the molecule is CCC(C)C1NC(=O)C(Cc2ccc3ccccc3c2)NC(=O)C2CCCN2C(=O)C(Cc2cnc[nH]2)NC(=O)C2CCCCN2C(=O)C2CCCCN2C1=O. The third kappa shape index (κ3) is 8.29. The molecular formula is C42H54N8O6. The highest BCUT2D eigenvalue weighted by atomic mass is 16.2. The molecule has 56 heavy (non-hydrogen) atoms. The van der Waals surface area contributed by atoms with Gasteiger partial charge in [0, 0.05) is 44.4 Å². The number of carbonyl (C=O) groups is 6. The zero-order chi connectivity index (χ0) is 39.3. The molecule has 14 heteroatoms. The van der Waals surface area contributed by atoms with E-state index >= 15 is 0 Å². The minimum atomic E-state index is -1.08. The standard InChI is InChI=1S/C42H54N8O6/c1-3-26(2)36-42(56)50-19-9-7-14-35(50)41(55)49-18-8-6-13-33(49)39(53)46-32(23-30-24-43-25-44-30)40(54)48-20-10-15-34(48)38(52)45-31(37(51)47-36)22-27-16-17-28-11-4-5-12-29(28)21-27/h4-5,11-12,16-17,21,24-26,31-36H,3,6-10,13-15,18-20,22-23H2,1-2H3,(H,43,44)(H,45,52)(H,46,53)(H,47,51). The molecule has 0 saturated carbocycles. The number of hydrogen-bond donors (Lipinski definition) is 4. The molecular weight excluding hydrogens is 713 g/mol. The molecule has 0 aliphatic carbocycles. The molecule has 1 aromatic heterocycles. The Labute approximate surface area is 327 Å². The molecule has 0 bridgehead atoms. The molecule has 0 radical (unpaired) electrons. The molecule has 298 valence electrons. The van der Waals surface area contributed by atoms with E-state index in [4.69, 9.17) is 0 Å². The molecule has 7 atom stereocenters. The summed E-state index contributed by atoms with van der Waals surface area (Å²) in [6, 6.07) is 8.19.